The summed E-state index contributed by atoms with van der Waals surface area (Å²) in [5.41, 5.74) is 3.53. The van der Waals surface area contributed by atoms with Crippen LogP contribution in [0.2, 0.25) is 0 Å². The van der Waals surface area contributed by atoms with E-state index in [1.807, 2.05) is 45.0 Å². The van der Waals surface area contributed by atoms with Crippen molar-refractivity contribution < 1.29 is 4.79 Å². The number of nitrogens with zero attached hydrogens (tertiary/aromatic N) is 3. The molecule has 0 aliphatic heterocycles. The highest BCUT2D eigenvalue weighted by atomic mass is 16.1. The van der Waals surface area contributed by atoms with Crippen molar-refractivity contribution in [2.24, 2.45) is 0 Å². The van der Waals surface area contributed by atoms with Gasteiger partial charge in [0.1, 0.15) is 5.65 Å². The summed E-state index contributed by atoms with van der Waals surface area (Å²) in [4.78, 5) is 28.7. The average Bonchev–Trinajstić information content (AvgIpc) is 2.98. The Labute approximate surface area is 150 Å². The summed E-state index contributed by atoms with van der Waals surface area (Å²) >= 11 is 0. The summed E-state index contributed by atoms with van der Waals surface area (Å²) in [6, 6.07) is 7.75. The van der Waals surface area contributed by atoms with Crippen molar-refractivity contribution in [1.29, 1.82) is 0 Å². The van der Waals surface area contributed by atoms with Gasteiger partial charge >= 0.3 is 0 Å². The van der Waals surface area contributed by atoms with Gasteiger partial charge in [-0.2, -0.15) is 0 Å². The van der Waals surface area contributed by atoms with Crippen molar-refractivity contribution in [1.82, 2.24) is 25.3 Å². The number of carbonyl (C=O) groups excluding carboxylic acids is 1. The summed E-state index contributed by atoms with van der Waals surface area (Å²) in [7, 11) is 0. The fourth-order valence-corrected chi connectivity index (χ4v) is 2.90. The summed E-state index contributed by atoms with van der Waals surface area (Å²) < 4.78 is 0. The molecule has 0 aliphatic carbocycles. The quantitative estimate of drug-likeness (QED) is 0.580. The molecule has 0 spiro atoms. The summed E-state index contributed by atoms with van der Waals surface area (Å²) in [5, 5.41) is 5.04. The number of H-pyrrole nitrogens is 1. The monoisotopic (exact) mass is 345 g/mol. The average molecular weight is 345 g/mol. The van der Waals surface area contributed by atoms with Gasteiger partial charge in [-0.15, -0.1) is 0 Å². The minimum atomic E-state index is -0.304. The highest BCUT2D eigenvalue weighted by molar-refractivity contribution is 6.06. The van der Waals surface area contributed by atoms with Crippen LogP contribution in [0.25, 0.3) is 33.2 Å². The maximum Gasteiger partial charge on any atom is 0.253 e. The van der Waals surface area contributed by atoms with Crippen LogP contribution in [0, 0.1) is 0 Å². The van der Waals surface area contributed by atoms with Crippen LogP contribution in [0.1, 0.15) is 31.1 Å². The van der Waals surface area contributed by atoms with Crippen molar-refractivity contribution in [2.45, 2.75) is 26.3 Å². The number of nitrogens with one attached hydrogen (secondary N) is 2. The molecule has 0 aliphatic rings. The topological polar surface area (TPSA) is 83.6 Å². The highest BCUT2D eigenvalue weighted by Crippen LogP contribution is 2.27. The van der Waals surface area contributed by atoms with Crippen LogP contribution in [0.5, 0.6) is 0 Å². The number of hydrogen-bond donors (Lipinski definition) is 2. The van der Waals surface area contributed by atoms with E-state index < -0.39 is 0 Å². The smallest absolute Gasteiger partial charge is 0.253 e. The molecule has 130 valence electrons. The second-order valence-electron chi connectivity index (χ2n) is 7.31. The van der Waals surface area contributed by atoms with Gasteiger partial charge in [-0.25, -0.2) is 4.98 Å². The molecule has 6 nitrogen and oxygen atoms in total. The van der Waals surface area contributed by atoms with Gasteiger partial charge in [0.15, 0.2) is 0 Å². The van der Waals surface area contributed by atoms with E-state index in [2.05, 4.69) is 25.3 Å². The Morgan fingerprint density at radius 2 is 1.92 bits per heavy atom. The lowest BCUT2D eigenvalue weighted by molar-refractivity contribution is 0.0919. The first-order valence-electron chi connectivity index (χ1n) is 8.41. The molecule has 0 atom stereocenters. The van der Waals surface area contributed by atoms with Crippen LogP contribution >= 0.6 is 0 Å². The number of carbonyl (C=O) groups is 1. The van der Waals surface area contributed by atoms with Crippen molar-refractivity contribution in [3.8, 4) is 11.3 Å². The van der Waals surface area contributed by atoms with Gasteiger partial charge < -0.3 is 10.3 Å². The minimum Gasteiger partial charge on any atom is -0.347 e. The Hall–Kier alpha value is -3.28. The third kappa shape index (κ3) is 3.01. The largest absolute Gasteiger partial charge is 0.347 e. The number of fused-ring (bicyclic) bond motifs is 3. The maximum atomic E-state index is 12.4. The van der Waals surface area contributed by atoms with Gasteiger partial charge in [-0.3, -0.25) is 14.8 Å². The molecule has 4 aromatic rings. The van der Waals surface area contributed by atoms with Gasteiger partial charge in [-0.1, -0.05) is 0 Å². The molecule has 6 heteroatoms. The lowest BCUT2D eigenvalue weighted by atomic mass is 10.1. The molecule has 1 amide bonds. The Bertz CT molecular complexity index is 1120. The van der Waals surface area contributed by atoms with Crippen LogP contribution in [0.3, 0.4) is 0 Å². The number of hydrogen-bond acceptors (Lipinski definition) is 4. The number of amides is 1. The number of aromatic amines is 1. The van der Waals surface area contributed by atoms with E-state index in [0.717, 1.165) is 33.2 Å². The second kappa shape index (κ2) is 5.91. The fourth-order valence-electron chi connectivity index (χ4n) is 2.90. The summed E-state index contributed by atoms with van der Waals surface area (Å²) in [6.45, 7) is 5.84. The highest BCUT2D eigenvalue weighted by Gasteiger charge is 2.16. The molecule has 4 rings (SSSR count). The maximum absolute atomic E-state index is 12.4. The van der Waals surface area contributed by atoms with Gasteiger partial charge in [-0.05, 0) is 45.0 Å². The number of rotatable bonds is 2. The first-order chi connectivity index (χ1) is 12.4. The molecular formula is C20H19N5O. The van der Waals surface area contributed by atoms with Crippen LogP contribution in [-0.4, -0.2) is 31.4 Å². The van der Waals surface area contributed by atoms with Gasteiger partial charge in [0, 0.05) is 40.5 Å². The first-order valence-corrected chi connectivity index (χ1v) is 8.41. The molecule has 0 fully saturated rings. The summed E-state index contributed by atoms with van der Waals surface area (Å²) in [6.07, 6.45) is 6.83. The molecule has 0 unspecified atom stereocenters. The zero-order valence-electron chi connectivity index (χ0n) is 14.9. The molecule has 4 heterocycles. The zero-order chi connectivity index (χ0) is 18.3. The van der Waals surface area contributed by atoms with Crippen LogP contribution < -0.4 is 5.32 Å². The Morgan fingerprint density at radius 1 is 1.08 bits per heavy atom. The van der Waals surface area contributed by atoms with Crippen molar-refractivity contribution in [3.63, 3.8) is 0 Å². The molecule has 0 bridgehead atoms. The first kappa shape index (κ1) is 16.2. The second-order valence-corrected chi connectivity index (χ2v) is 7.31. The normalized spacial score (nSPS) is 11.8. The van der Waals surface area contributed by atoms with Crippen molar-refractivity contribution in [2.75, 3.05) is 0 Å². The van der Waals surface area contributed by atoms with E-state index in [0.29, 0.717) is 5.56 Å². The fraction of sp³-hybridized carbons (Fsp3) is 0.200. The Balaban J connectivity index is 1.77. The minimum absolute atomic E-state index is 0.149. The number of aromatic nitrogens is 4. The Kier molecular flexibility index (Phi) is 3.68. The number of pyridine rings is 3. The third-order valence-corrected chi connectivity index (χ3v) is 4.04. The van der Waals surface area contributed by atoms with E-state index in [1.165, 1.54) is 0 Å². The van der Waals surface area contributed by atoms with E-state index in [9.17, 15) is 4.79 Å². The Morgan fingerprint density at radius 3 is 2.73 bits per heavy atom. The lowest BCUT2D eigenvalue weighted by Crippen LogP contribution is -2.40. The van der Waals surface area contributed by atoms with E-state index in [-0.39, 0.29) is 11.4 Å². The SMILES string of the molecule is CC(C)(C)NC(=O)c1cncc(-c2cc3c(cn2)[nH]c2ncccc23)c1. The molecule has 4 aromatic heterocycles. The molecular weight excluding hydrogens is 326 g/mol. The van der Waals surface area contributed by atoms with Crippen molar-refractivity contribution in [3.05, 3.63) is 54.6 Å². The molecule has 0 saturated heterocycles. The predicted molar refractivity (Wildman–Crippen MR) is 102 cm³/mol. The third-order valence-electron chi connectivity index (χ3n) is 4.04. The lowest BCUT2D eigenvalue weighted by Gasteiger charge is -2.20. The molecule has 0 radical (unpaired) electrons. The summed E-state index contributed by atoms with van der Waals surface area (Å²) in [5.74, 6) is -0.149. The van der Waals surface area contributed by atoms with E-state index >= 15 is 0 Å². The standard InChI is InChI=1S/C20H19N5O/c1-20(2,3)25-19(26)13-7-12(9-21-10-13)16-8-15-14-5-4-6-22-18(14)24-17(15)11-23-16/h4-11H,1-3H3,(H,22,24)(H,25,26). The predicted octanol–water partition coefficient (Wildman–Crippen LogP) is 3.70. The zero-order valence-corrected chi connectivity index (χ0v) is 14.9. The van der Waals surface area contributed by atoms with E-state index in [4.69, 9.17) is 0 Å². The van der Waals surface area contributed by atoms with Gasteiger partial charge in [0.05, 0.1) is 23.0 Å². The van der Waals surface area contributed by atoms with Crippen LogP contribution in [0.15, 0.2) is 49.1 Å². The van der Waals surface area contributed by atoms with Gasteiger partial charge in [0.2, 0.25) is 0 Å². The molecule has 2 N–H and O–H groups in total. The molecule has 0 aromatic carbocycles. The van der Waals surface area contributed by atoms with Gasteiger partial charge in [0.25, 0.3) is 5.91 Å². The molecule has 26 heavy (non-hydrogen) atoms. The van der Waals surface area contributed by atoms with E-state index in [1.54, 1.807) is 24.8 Å². The van der Waals surface area contributed by atoms with Crippen molar-refractivity contribution >= 4 is 27.8 Å². The molecule has 0 saturated carbocycles. The van der Waals surface area contributed by atoms with Crippen LogP contribution in [0.4, 0.5) is 0 Å². The van der Waals surface area contributed by atoms with Crippen LogP contribution in [-0.2, 0) is 0 Å².